The van der Waals surface area contributed by atoms with E-state index in [1.54, 1.807) is 0 Å². The van der Waals surface area contributed by atoms with E-state index in [1.165, 1.54) is 9.24 Å². The quantitative estimate of drug-likeness (QED) is 0.794. The third-order valence-electron chi connectivity index (χ3n) is 1.68. The predicted molar refractivity (Wildman–Crippen MR) is 63.9 cm³/mol. The summed E-state index contributed by atoms with van der Waals surface area (Å²) in [5.41, 5.74) is 0. The molecule has 0 bridgehead atoms. The third-order valence-corrected chi connectivity index (χ3v) is 6.37. The number of rotatable bonds is 3. The van der Waals surface area contributed by atoms with Gasteiger partial charge in [-0.1, -0.05) is 12.1 Å². The molecule has 2 aromatic heterocycles. The van der Waals surface area contributed by atoms with Gasteiger partial charge in [-0.05, 0) is 29.9 Å². The molecule has 0 aliphatic carbocycles. The minimum absolute atomic E-state index is 0.288. The highest BCUT2D eigenvalue weighted by Crippen LogP contribution is 2.31. The van der Waals surface area contributed by atoms with Crippen molar-refractivity contribution in [3.8, 4) is 0 Å². The summed E-state index contributed by atoms with van der Waals surface area (Å²) in [6, 6.07) is 8.62. The fourth-order valence-electron chi connectivity index (χ4n) is 1.12. The molecular formula is C9H10NPS2. The first kappa shape index (κ1) is 9.35. The van der Waals surface area contributed by atoms with Gasteiger partial charge in [-0.15, -0.1) is 22.7 Å². The van der Waals surface area contributed by atoms with E-state index in [-0.39, 0.29) is 8.07 Å². The first-order chi connectivity index (χ1) is 6.42. The Morgan fingerprint density at radius 3 is 1.92 bits per heavy atom. The van der Waals surface area contributed by atoms with Gasteiger partial charge >= 0.3 is 0 Å². The molecule has 1 nitrogen and oxygen atoms in total. The molecule has 2 heterocycles. The van der Waals surface area contributed by atoms with Crippen LogP contribution in [0.25, 0.3) is 0 Å². The summed E-state index contributed by atoms with van der Waals surface area (Å²) >= 11 is 3.65. The molecule has 0 amide bonds. The van der Waals surface area contributed by atoms with Gasteiger partial charge in [0.2, 0.25) is 0 Å². The number of hydrogen-bond donors (Lipinski definition) is 1. The fraction of sp³-hybridized carbons (Fsp3) is 0.111. The molecule has 1 N–H and O–H groups in total. The van der Waals surface area contributed by atoms with Crippen molar-refractivity contribution in [1.82, 2.24) is 5.09 Å². The number of nitrogens with one attached hydrogen (secondary N) is 1. The van der Waals surface area contributed by atoms with E-state index in [0.717, 1.165) is 0 Å². The van der Waals surface area contributed by atoms with Crippen LogP contribution in [0.1, 0.15) is 0 Å². The zero-order valence-electron chi connectivity index (χ0n) is 7.23. The van der Waals surface area contributed by atoms with Crippen molar-refractivity contribution in [2.45, 2.75) is 0 Å². The van der Waals surface area contributed by atoms with Gasteiger partial charge in [0.05, 0.1) is 0 Å². The second-order valence-electron chi connectivity index (χ2n) is 2.46. The van der Waals surface area contributed by atoms with E-state index in [1.807, 2.05) is 29.7 Å². The van der Waals surface area contributed by atoms with Gasteiger partial charge in [0.15, 0.2) is 0 Å². The molecule has 2 rings (SSSR count). The van der Waals surface area contributed by atoms with E-state index in [0.29, 0.717) is 0 Å². The number of thiophene rings is 2. The van der Waals surface area contributed by atoms with E-state index >= 15 is 0 Å². The molecule has 2 aromatic rings. The van der Waals surface area contributed by atoms with Crippen LogP contribution in [0.5, 0.6) is 0 Å². The van der Waals surface area contributed by atoms with Crippen molar-refractivity contribution in [2.75, 3.05) is 7.05 Å². The highest BCUT2D eigenvalue weighted by molar-refractivity contribution is 7.80. The molecule has 0 saturated carbocycles. The lowest BCUT2D eigenvalue weighted by Crippen LogP contribution is -2.15. The van der Waals surface area contributed by atoms with Crippen LogP contribution >= 0.6 is 30.7 Å². The van der Waals surface area contributed by atoms with E-state index in [2.05, 4.69) is 40.1 Å². The minimum atomic E-state index is -0.288. The molecule has 4 heteroatoms. The van der Waals surface area contributed by atoms with Gasteiger partial charge in [0, 0.05) is 17.3 Å². The van der Waals surface area contributed by atoms with Crippen molar-refractivity contribution in [2.24, 2.45) is 0 Å². The first-order valence-corrected chi connectivity index (χ1v) is 7.06. The average Bonchev–Trinajstić information content (AvgIpc) is 2.76. The van der Waals surface area contributed by atoms with E-state index in [4.69, 9.17) is 0 Å². The summed E-state index contributed by atoms with van der Waals surface area (Å²) in [4.78, 5) is 0. The maximum atomic E-state index is 3.39. The van der Waals surface area contributed by atoms with Crippen LogP contribution in [-0.2, 0) is 0 Å². The van der Waals surface area contributed by atoms with Gasteiger partial charge < -0.3 is 0 Å². The van der Waals surface area contributed by atoms with Crippen LogP contribution < -0.4 is 14.3 Å². The molecule has 68 valence electrons. The van der Waals surface area contributed by atoms with Crippen molar-refractivity contribution in [3.05, 3.63) is 35.0 Å². The molecule has 0 aliphatic heterocycles. The average molecular weight is 227 g/mol. The summed E-state index contributed by atoms with van der Waals surface area (Å²) in [5, 5.41) is 7.66. The second-order valence-corrected chi connectivity index (χ2v) is 7.04. The van der Waals surface area contributed by atoms with E-state index in [9.17, 15) is 0 Å². The molecule has 0 fully saturated rings. The molecule has 0 spiro atoms. The summed E-state index contributed by atoms with van der Waals surface area (Å²) in [6.07, 6.45) is 0. The van der Waals surface area contributed by atoms with Crippen molar-refractivity contribution < 1.29 is 0 Å². The Morgan fingerprint density at radius 2 is 1.62 bits per heavy atom. The van der Waals surface area contributed by atoms with Gasteiger partial charge in [0.25, 0.3) is 0 Å². The minimum Gasteiger partial charge on any atom is -0.290 e. The second kappa shape index (κ2) is 4.34. The molecule has 0 aliphatic rings. The predicted octanol–water partition coefficient (Wildman–Crippen LogP) is 2.38. The van der Waals surface area contributed by atoms with Crippen LogP contribution in [0, 0.1) is 0 Å². The maximum Gasteiger partial charge on any atom is 0.0480 e. The Labute approximate surface area is 87.2 Å². The number of hydrogen-bond acceptors (Lipinski definition) is 3. The van der Waals surface area contributed by atoms with Crippen molar-refractivity contribution in [3.63, 3.8) is 0 Å². The van der Waals surface area contributed by atoms with Gasteiger partial charge in [0.1, 0.15) is 0 Å². The normalized spacial score (nSPS) is 10.9. The largest absolute Gasteiger partial charge is 0.290 e. The molecule has 0 aromatic carbocycles. The lowest BCUT2D eigenvalue weighted by atomic mass is 10.7. The Kier molecular flexibility index (Phi) is 3.12. The lowest BCUT2D eigenvalue weighted by molar-refractivity contribution is 1.28. The molecule has 0 atom stereocenters. The Hall–Kier alpha value is -0.210. The zero-order valence-corrected chi connectivity index (χ0v) is 9.76. The Morgan fingerprint density at radius 1 is 1.08 bits per heavy atom. The molecule has 0 radical (unpaired) electrons. The fourth-order valence-corrected chi connectivity index (χ4v) is 5.68. The van der Waals surface area contributed by atoms with Gasteiger partial charge in [-0.3, -0.25) is 5.09 Å². The van der Waals surface area contributed by atoms with Crippen molar-refractivity contribution in [1.29, 1.82) is 0 Å². The van der Waals surface area contributed by atoms with Gasteiger partial charge in [-0.2, -0.15) is 0 Å². The summed E-state index contributed by atoms with van der Waals surface area (Å²) in [5.74, 6) is 0. The maximum absolute atomic E-state index is 3.39. The highest BCUT2D eigenvalue weighted by atomic mass is 32.1. The molecule has 0 unspecified atom stereocenters. The standard InChI is InChI=1S/C9H10NPS2/c1-10-11(8-4-2-6-12-8)9-5-3-7-13-9/h2-7,10H,1H3. The molecular weight excluding hydrogens is 217 g/mol. The van der Waals surface area contributed by atoms with E-state index < -0.39 is 0 Å². The smallest absolute Gasteiger partial charge is 0.0480 e. The van der Waals surface area contributed by atoms with Crippen LogP contribution in [0.15, 0.2) is 35.0 Å². The topological polar surface area (TPSA) is 12.0 Å². The van der Waals surface area contributed by atoms with Crippen LogP contribution in [0.2, 0.25) is 0 Å². The zero-order chi connectivity index (χ0) is 9.10. The summed E-state index contributed by atoms with van der Waals surface area (Å²) in [7, 11) is 1.75. The van der Waals surface area contributed by atoms with Crippen molar-refractivity contribution >= 4 is 40.0 Å². The highest BCUT2D eigenvalue weighted by Gasteiger charge is 2.12. The van der Waals surface area contributed by atoms with Crippen LogP contribution in [0.4, 0.5) is 0 Å². The Balaban J connectivity index is 2.29. The first-order valence-electron chi connectivity index (χ1n) is 3.96. The summed E-state index contributed by atoms with van der Waals surface area (Å²) in [6.45, 7) is 0. The third kappa shape index (κ3) is 2.00. The lowest BCUT2D eigenvalue weighted by Gasteiger charge is -2.11. The van der Waals surface area contributed by atoms with Crippen LogP contribution in [0.3, 0.4) is 0 Å². The monoisotopic (exact) mass is 227 g/mol. The van der Waals surface area contributed by atoms with Crippen LogP contribution in [-0.4, -0.2) is 7.05 Å². The molecule has 13 heavy (non-hydrogen) atoms. The molecule has 0 saturated heterocycles. The SMILES string of the molecule is CNP(c1cccs1)c1cccs1. The Bertz CT molecular complexity index is 307. The van der Waals surface area contributed by atoms with Gasteiger partial charge in [-0.25, -0.2) is 0 Å². The summed E-state index contributed by atoms with van der Waals surface area (Å²) < 4.78 is 2.89.